The number of likely N-dealkylation sites (tertiary alicyclic amines) is 1. The number of halogens is 1. The SMILES string of the molecule is O=C(NCC1CNC1)C1CCCCN1Cc1ccc(F)cc1. The Morgan fingerprint density at radius 3 is 2.73 bits per heavy atom. The zero-order chi connectivity index (χ0) is 15.4. The summed E-state index contributed by atoms with van der Waals surface area (Å²) in [5.41, 5.74) is 1.06. The molecule has 120 valence electrons. The van der Waals surface area contributed by atoms with Gasteiger partial charge in [0, 0.05) is 32.1 Å². The molecule has 0 aromatic heterocycles. The van der Waals surface area contributed by atoms with E-state index in [2.05, 4.69) is 15.5 Å². The predicted octanol–water partition coefficient (Wildman–Crippen LogP) is 1.52. The Kier molecular flexibility index (Phi) is 5.05. The highest BCUT2D eigenvalue weighted by Crippen LogP contribution is 2.20. The van der Waals surface area contributed by atoms with E-state index in [1.807, 2.05) is 0 Å². The van der Waals surface area contributed by atoms with Crippen LogP contribution in [0.4, 0.5) is 4.39 Å². The predicted molar refractivity (Wildman–Crippen MR) is 83.8 cm³/mol. The van der Waals surface area contributed by atoms with Gasteiger partial charge in [-0.3, -0.25) is 9.69 Å². The van der Waals surface area contributed by atoms with Crippen molar-refractivity contribution in [2.45, 2.75) is 31.8 Å². The van der Waals surface area contributed by atoms with Crippen molar-refractivity contribution in [1.82, 2.24) is 15.5 Å². The molecule has 2 aliphatic heterocycles. The van der Waals surface area contributed by atoms with Crippen LogP contribution in [0.2, 0.25) is 0 Å². The van der Waals surface area contributed by atoms with Crippen molar-refractivity contribution in [2.24, 2.45) is 5.92 Å². The maximum atomic E-state index is 13.0. The Balaban J connectivity index is 1.57. The van der Waals surface area contributed by atoms with Gasteiger partial charge in [0.15, 0.2) is 0 Å². The first-order chi connectivity index (χ1) is 10.7. The average Bonchev–Trinajstić information content (AvgIpc) is 2.48. The molecule has 0 spiro atoms. The van der Waals surface area contributed by atoms with Gasteiger partial charge in [0.25, 0.3) is 0 Å². The molecule has 2 aliphatic rings. The number of carbonyl (C=O) groups is 1. The van der Waals surface area contributed by atoms with Crippen LogP contribution in [0.3, 0.4) is 0 Å². The monoisotopic (exact) mass is 305 g/mol. The first-order valence-corrected chi connectivity index (χ1v) is 8.19. The van der Waals surface area contributed by atoms with Crippen LogP contribution in [-0.4, -0.2) is 43.0 Å². The van der Waals surface area contributed by atoms with Crippen LogP contribution in [0.5, 0.6) is 0 Å². The van der Waals surface area contributed by atoms with Gasteiger partial charge >= 0.3 is 0 Å². The normalized spacial score (nSPS) is 23.0. The maximum Gasteiger partial charge on any atom is 0.237 e. The number of hydrogen-bond acceptors (Lipinski definition) is 3. The molecule has 0 bridgehead atoms. The molecule has 1 unspecified atom stereocenters. The van der Waals surface area contributed by atoms with Gasteiger partial charge in [-0.25, -0.2) is 4.39 Å². The Labute approximate surface area is 131 Å². The maximum absolute atomic E-state index is 13.0. The third-order valence-corrected chi connectivity index (χ3v) is 4.65. The molecule has 2 N–H and O–H groups in total. The standard InChI is InChI=1S/C17H24FN3O/c18-15-6-4-13(5-7-15)12-21-8-2-1-3-16(21)17(22)20-11-14-9-19-10-14/h4-7,14,16,19H,1-3,8-12H2,(H,20,22). The topological polar surface area (TPSA) is 44.4 Å². The fourth-order valence-corrected chi connectivity index (χ4v) is 3.16. The van der Waals surface area contributed by atoms with Crippen molar-refractivity contribution >= 4 is 5.91 Å². The molecule has 2 heterocycles. The Hall–Kier alpha value is -1.46. The van der Waals surface area contributed by atoms with E-state index < -0.39 is 0 Å². The fourth-order valence-electron chi connectivity index (χ4n) is 3.16. The molecule has 5 heteroatoms. The highest BCUT2D eigenvalue weighted by atomic mass is 19.1. The molecule has 3 rings (SSSR count). The van der Waals surface area contributed by atoms with Crippen LogP contribution >= 0.6 is 0 Å². The van der Waals surface area contributed by atoms with Crippen LogP contribution in [0.1, 0.15) is 24.8 Å². The van der Waals surface area contributed by atoms with Crippen LogP contribution in [-0.2, 0) is 11.3 Å². The van der Waals surface area contributed by atoms with Gasteiger partial charge in [-0.05, 0) is 37.1 Å². The molecule has 0 radical (unpaired) electrons. The molecule has 2 saturated heterocycles. The molecule has 0 saturated carbocycles. The zero-order valence-electron chi connectivity index (χ0n) is 12.9. The van der Waals surface area contributed by atoms with Crippen molar-refractivity contribution in [3.8, 4) is 0 Å². The van der Waals surface area contributed by atoms with Gasteiger partial charge in [-0.2, -0.15) is 0 Å². The van der Waals surface area contributed by atoms with E-state index in [0.717, 1.165) is 51.0 Å². The smallest absolute Gasteiger partial charge is 0.237 e. The molecule has 1 amide bonds. The van der Waals surface area contributed by atoms with Gasteiger partial charge in [0.2, 0.25) is 5.91 Å². The van der Waals surface area contributed by atoms with Crippen molar-refractivity contribution in [2.75, 3.05) is 26.2 Å². The van der Waals surface area contributed by atoms with E-state index in [0.29, 0.717) is 12.5 Å². The third kappa shape index (κ3) is 3.84. The first-order valence-electron chi connectivity index (χ1n) is 8.19. The van der Waals surface area contributed by atoms with E-state index in [4.69, 9.17) is 0 Å². The molecule has 1 aromatic carbocycles. The van der Waals surface area contributed by atoms with Crippen molar-refractivity contribution in [1.29, 1.82) is 0 Å². The van der Waals surface area contributed by atoms with Gasteiger partial charge in [-0.1, -0.05) is 18.6 Å². The Bertz CT molecular complexity index is 501. The van der Waals surface area contributed by atoms with Gasteiger partial charge in [0.05, 0.1) is 6.04 Å². The van der Waals surface area contributed by atoms with E-state index in [-0.39, 0.29) is 17.8 Å². The zero-order valence-corrected chi connectivity index (χ0v) is 12.9. The second-order valence-electron chi connectivity index (χ2n) is 6.38. The minimum atomic E-state index is -0.217. The highest BCUT2D eigenvalue weighted by molar-refractivity contribution is 5.81. The highest BCUT2D eigenvalue weighted by Gasteiger charge is 2.29. The molecule has 0 aliphatic carbocycles. The molecule has 22 heavy (non-hydrogen) atoms. The number of rotatable bonds is 5. The third-order valence-electron chi connectivity index (χ3n) is 4.65. The quantitative estimate of drug-likeness (QED) is 0.867. The lowest BCUT2D eigenvalue weighted by Crippen LogP contribution is -2.53. The molecule has 2 fully saturated rings. The van der Waals surface area contributed by atoms with E-state index in [1.165, 1.54) is 12.1 Å². The number of piperidine rings is 1. The van der Waals surface area contributed by atoms with Crippen LogP contribution < -0.4 is 10.6 Å². The van der Waals surface area contributed by atoms with Crippen LogP contribution in [0.15, 0.2) is 24.3 Å². The molecule has 1 atom stereocenters. The molecular weight excluding hydrogens is 281 g/mol. The number of nitrogens with zero attached hydrogens (tertiary/aromatic N) is 1. The summed E-state index contributed by atoms with van der Waals surface area (Å²) in [7, 11) is 0. The second-order valence-corrected chi connectivity index (χ2v) is 6.38. The van der Waals surface area contributed by atoms with Gasteiger partial charge in [-0.15, -0.1) is 0 Å². The summed E-state index contributed by atoms with van der Waals surface area (Å²) >= 11 is 0. The van der Waals surface area contributed by atoms with Gasteiger partial charge in [0.1, 0.15) is 5.82 Å². The second kappa shape index (κ2) is 7.20. The lowest BCUT2D eigenvalue weighted by Gasteiger charge is -2.35. The molecule has 1 aromatic rings. The van der Waals surface area contributed by atoms with E-state index in [1.54, 1.807) is 12.1 Å². The van der Waals surface area contributed by atoms with E-state index in [9.17, 15) is 9.18 Å². The summed E-state index contributed by atoms with van der Waals surface area (Å²) in [6.07, 6.45) is 3.14. The largest absolute Gasteiger partial charge is 0.354 e. The Morgan fingerprint density at radius 2 is 2.05 bits per heavy atom. The summed E-state index contributed by atoms with van der Waals surface area (Å²) in [5, 5.41) is 6.32. The summed E-state index contributed by atoms with van der Waals surface area (Å²) < 4.78 is 13.0. The average molecular weight is 305 g/mol. The first kappa shape index (κ1) is 15.4. The van der Waals surface area contributed by atoms with Crippen LogP contribution in [0, 0.1) is 11.7 Å². The number of carbonyl (C=O) groups excluding carboxylic acids is 1. The molecular formula is C17H24FN3O. The Morgan fingerprint density at radius 1 is 1.27 bits per heavy atom. The van der Waals surface area contributed by atoms with Gasteiger partial charge < -0.3 is 10.6 Å². The van der Waals surface area contributed by atoms with Crippen molar-refractivity contribution in [3.05, 3.63) is 35.6 Å². The fraction of sp³-hybridized carbons (Fsp3) is 0.588. The lowest BCUT2D eigenvalue weighted by atomic mass is 9.99. The number of nitrogens with one attached hydrogen (secondary N) is 2. The van der Waals surface area contributed by atoms with E-state index >= 15 is 0 Å². The minimum Gasteiger partial charge on any atom is -0.354 e. The summed E-state index contributed by atoms with van der Waals surface area (Å²) in [6.45, 7) is 4.42. The minimum absolute atomic E-state index is 0.0492. The summed E-state index contributed by atoms with van der Waals surface area (Å²) in [6, 6.07) is 6.53. The molecule has 4 nitrogen and oxygen atoms in total. The lowest BCUT2D eigenvalue weighted by molar-refractivity contribution is -0.128. The van der Waals surface area contributed by atoms with Crippen LogP contribution in [0.25, 0.3) is 0 Å². The summed E-state index contributed by atoms with van der Waals surface area (Å²) in [4.78, 5) is 14.7. The van der Waals surface area contributed by atoms with Crippen molar-refractivity contribution < 1.29 is 9.18 Å². The number of hydrogen-bond donors (Lipinski definition) is 2. The number of benzene rings is 1. The summed E-state index contributed by atoms with van der Waals surface area (Å²) in [5.74, 6) is 0.512. The number of amides is 1. The van der Waals surface area contributed by atoms with Crippen molar-refractivity contribution in [3.63, 3.8) is 0 Å².